The van der Waals surface area contributed by atoms with Crippen LogP contribution in [-0.2, 0) is 4.79 Å². The molecule has 0 unspecified atom stereocenters. The second-order valence-corrected chi connectivity index (χ2v) is 6.83. The van der Waals surface area contributed by atoms with Gasteiger partial charge in [0.2, 0.25) is 0 Å². The predicted octanol–water partition coefficient (Wildman–Crippen LogP) is 5.20. The number of fused-ring (bicyclic) bond motifs is 1. The first kappa shape index (κ1) is 17.4. The van der Waals surface area contributed by atoms with Gasteiger partial charge in [0.15, 0.2) is 0 Å². The topological polar surface area (TPSA) is 34.4 Å². The molecule has 0 bridgehead atoms. The molecule has 0 aliphatic heterocycles. The van der Waals surface area contributed by atoms with Crippen LogP contribution >= 0.6 is 11.8 Å². The van der Waals surface area contributed by atoms with E-state index >= 15 is 0 Å². The van der Waals surface area contributed by atoms with Crippen LogP contribution in [0.1, 0.15) is 30.9 Å². The van der Waals surface area contributed by atoms with Crippen molar-refractivity contribution in [2.75, 3.05) is 6.26 Å². The van der Waals surface area contributed by atoms with Crippen molar-refractivity contribution in [2.24, 2.45) is 0 Å². The Labute approximate surface area is 150 Å². The van der Waals surface area contributed by atoms with Gasteiger partial charge in [-0.3, -0.25) is 4.79 Å². The average molecular weight is 354 g/mol. The molecule has 2 heterocycles. The molecule has 128 valence electrons. The Morgan fingerprint density at radius 2 is 1.88 bits per heavy atom. The van der Waals surface area contributed by atoms with E-state index in [1.54, 1.807) is 30.0 Å². The fourth-order valence-corrected chi connectivity index (χ4v) is 3.54. The molecule has 0 saturated heterocycles. The quantitative estimate of drug-likeness (QED) is 0.359. The van der Waals surface area contributed by atoms with E-state index in [0.717, 1.165) is 39.2 Å². The Hall–Kier alpha value is -2.40. The number of halogens is 1. The first-order chi connectivity index (χ1) is 12.1. The van der Waals surface area contributed by atoms with Crippen molar-refractivity contribution < 1.29 is 9.18 Å². The number of allylic oxidation sites excluding steroid dienone is 1. The van der Waals surface area contributed by atoms with E-state index in [1.165, 1.54) is 18.2 Å². The Morgan fingerprint density at radius 1 is 1.16 bits per heavy atom. The third kappa shape index (κ3) is 3.24. The van der Waals surface area contributed by atoms with Gasteiger partial charge >= 0.3 is 0 Å². The molecule has 3 nitrogen and oxygen atoms in total. The van der Waals surface area contributed by atoms with Crippen LogP contribution in [0.4, 0.5) is 4.39 Å². The summed E-state index contributed by atoms with van der Waals surface area (Å²) in [5.41, 5.74) is 4.59. The van der Waals surface area contributed by atoms with E-state index < -0.39 is 0 Å². The zero-order chi connectivity index (χ0) is 18.0. The van der Waals surface area contributed by atoms with E-state index in [0.29, 0.717) is 0 Å². The number of rotatable bonds is 5. The van der Waals surface area contributed by atoms with Crippen LogP contribution in [0.15, 0.2) is 47.5 Å². The smallest absolute Gasteiger partial charge is 0.142 e. The number of hydrogen-bond acceptors (Lipinski definition) is 3. The molecule has 3 aromatic rings. The highest BCUT2D eigenvalue weighted by molar-refractivity contribution is 7.98. The molecular formula is C20H19FN2OS. The summed E-state index contributed by atoms with van der Waals surface area (Å²) in [6, 6.07) is 10.4. The zero-order valence-electron chi connectivity index (χ0n) is 14.4. The highest BCUT2D eigenvalue weighted by Gasteiger charge is 2.19. The van der Waals surface area contributed by atoms with Crippen LogP contribution in [0.25, 0.3) is 22.9 Å². The molecule has 0 N–H and O–H groups in total. The fourth-order valence-electron chi connectivity index (χ4n) is 3.02. The third-order valence-corrected chi connectivity index (χ3v) is 4.81. The summed E-state index contributed by atoms with van der Waals surface area (Å²) in [7, 11) is 0. The summed E-state index contributed by atoms with van der Waals surface area (Å²) in [4.78, 5) is 10.9. The minimum atomic E-state index is -0.287. The number of aldehydes is 1. The van der Waals surface area contributed by atoms with Crippen molar-refractivity contribution in [2.45, 2.75) is 24.8 Å². The highest BCUT2D eigenvalue weighted by Crippen LogP contribution is 2.35. The van der Waals surface area contributed by atoms with Crippen LogP contribution in [0.2, 0.25) is 0 Å². The Bertz CT molecular complexity index is 942. The van der Waals surface area contributed by atoms with Crippen molar-refractivity contribution in [1.82, 2.24) is 9.61 Å². The first-order valence-electron chi connectivity index (χ1n) is 8.04. The maximum Gasteiger partial charge on any atom is 0.142 e. The second kappa shape index (κ2) is 7.23. The molecule has 5 heteroatoms. The van der Waals surface area contributed by atoms with Crippen molar-refractivity contribution in [3.63, 3.8) is 0 Å². The molecule has 25 heavy (non-hydrogen) atoms. The molecule has 0 spiro atoms. The largest absolute Gasteiger partial charge is 0.299 e. The lowest BCUT2D eigenvalue weighted by Crippen LogP contribution is -2.05. The number of carbonyl (C=O) groups is 1. The van der Waals surface area contributed by atoms with Crippen LogP contribution in [0.5, 0.6) is 0 Å². The van der Waals surface area contributed by atoms with Crippen molar-refractivity contribution in [3.05, 3.63) is 59.4 Å². The minimum Gasteiger partial charge on any atom is -0.299 e. The molecule has 0 saturated carbocycles. The lowest BCUT2D eigenvalue weighted by atomic mass is 9.93. The summed E-state index contributed by atoms with van der Waals surface area (Å²) in [5.74, 6) is -0.0507. The van der Waals surface area contributed by atoms with Gasteiger partial charge in [0, 0.05) is 11.1 Å². The standard InChI is InChI=1S/C20H19FN2OS/c1-13(2)19-16(5-4-12-24)20(14-6-8-15(21)9-7-14)22-23-17(19)10-11-18(23)25-3/h4-13H,1-3H3. The number of thioether (sulfide) groups is 1. The van der Waals surface area contributed by atoms with Gasteiger partial charge in [0.1, 0.15) is 12.1 Å². The molecule has 0 fully saturated rings. The van der Waals surface area contributed by atoms with Crippen molar-refractivity contribution in [1.29, 1.82) is 0 Å². The SMILES string of the molecule is CSc1ccc2c(C(C)C)c(C=CC=O)c(-c3ccc(F)cc3)nn12. The summed E-state index contributed by atoms with van der Waals surface area (Å²) in [6.07, 6.45) is 6.04. The maximum atomic E-state index is 13.3. The minimum absolute atomic E-state index is 0.237. The van der Waals surface area contributed by atoms with E-state index in [4.69, 9.17) is 5.10 Å². The van der Waals surface area contributed by atoms with Gasteiger partial charge in [-0.05, 0) is 66.3 Å². The van der Waals surface area contributed by atoms with Crippen molar-refractivity contribution in [3.8, 4) is 11.3 Å². The van der Waals surface area contributed by atoms with Crippen LogP contribution in [-0.4, -0.2) is 22.2 Å². The monoisotopic (exact) mass is 354 g/mol. The van der Waals surface area contributed by atoms with Gasteiger partial charge in [-0.25, -0.2) is 8.91 Å². The number of carbonyl (C=O) groups excluding carboxylic acids is 1. The van der Waals surface area contributed by atoms with Gasteiger partial charge in [-0.2, -0.15) is 5.10 Å². The van der Waals surface area contributed by atoms with E-state index in [9.17, 15) is 9.18 Å². The zero-order valence-corrected chi connectivity index (χ0v) is 15.2. The maximum absolute atomic E-state index is 13.3. The number of nitrogens with zero attached hydrogens (tertiary/aromatic N) is 2. The number of benzene rings is 1. The predicted molar refractivity (Wildman–Crippen MR) is 102 cm³/mol. The normalized spacial score (nSPS) is 11.7. The van der Waals surface area contributed by atoms with Gasteiger partial charge in [-0.1, -0.05) is 13.8 Å². The van der Waals surface area contributed by atoms with Gasteiger partial charge in [-0.15, -0.1) is 11.8 Å². The average Bonchev–Trinajstić information content (AvgIpc) is 3.01. The lowest BCUT2D eigenvalue weighted by molar-refractivity contribution is -0.104. The molecule has 0 atom stereocenters. The highest BCUT2D eigenvalue weighted by atomic mass is 32.2. The van der Waals surface area contributed by atoms with E-state index in [2.05, 4.69) is 19.9 Å². The summed E-state index contributed by atoms with van der Waals surface area (Å²) >= 11 is 1.62. The van der Waals surface area contributed by atoms with E-state index in [-0.39, 0.29) is 11.7 Å². The molecule has 2 aromatic heterocycles. The molecule has 1 aromatic carbocycles. The number of aromatic nitrogens is 2. The molecule has 0 amide bonds. The Morgan fingerprint density at radius 3 is 2.48 bits per heavy atom. The van der Waals surface area contributed by atoms with Crippen LogP contribution in [0.3, 0.4) is 0 Å². The van der Waals surface area contributed by atoms with Gasteiger partial charge in [0.25, 0.3) is 0 Å². The molecule has 0 aliphatic rings. The van der Waals surface area contributed by atoms with Crippen LogP contribution in [0, 0.1) is 5.82 Å². The third-order valence-electron chi connectivity index (χ3n) is 4.09. The van der Waals surface area contributed by atoms with Gasteiger partial charge < -0.3 is 0 Å². The Kier molecular flexibility index (Phi) is 5.04. The van der Waals surface area contributed by atoms with Gasteiger partial charge in [0.05, 0.1) is 16.2 Å². The molecule has 3 rings (SSSR count). The van der Waals surface area contributed by atoms with Crippen LogP contribution < -0.4 is 0 Å². The van der Waals surface area contributed by atoms with Crippen molar-refractivity contribution >= 4 is 29.6 Å². The summed E-state index contributed by atoms with van der Waals surface area (Å²) < 4.78 is 15.3. The Balaban J connectivity index is 2.41. The van der Waals surface area contributed by atoms with E-state index in [1.807, 2.05) is 16.8 Å². The second-order valence-electron chi connectivity index (χ2n) is 6.01. The molecule has 0 radical (unpaired) electrons. The lowest BCUT2D eigenvalue weighted by Gasteiger charge is -2.17. The fraction of sp³-hybridized carbons (Fsp3) is 0.200. The molecule has 0 aliphatic carbocycles. The summed E-state index contributed by atoms with van der Waals surface area (Å²) in [6.45, 7) is 4.24. The number of hydrogen-bond donors (Lipinski definition) is 0. The molecular weight excluding hydrogens is 335 g/mol. The summed E-state index contributed by atoms with van der Waals surface area (Å²) in [5, 5.41) is 5.84. The first-order valence-corrected chi connectivity index (χ1v) is 9.26.